The van der Waals surface area contributed by atoms with Crippen LogP contribution < -0.4 is 5.32 Å². The fraction of sp³-hybridized carbons (Fsp3) is 0.316. The van der Waals surface area contributed by atoms with Gasteiger partial charge in [-0.2, -0.15) is 5.10 Å². The molecule has 1 aliphatic rings. The molecule has 0 bridgehead atoms. The maximum atomic E-state index is 12.9. The minimum Gasteiger partial charge on any atom is -0.481 e. The summed E-state index contributed by atoms with van der Waals surface area (Å²) in [6, 6.07) is 9.00. The number of carboxylic acids is 1. The molecule has 0 saturated heterocycles. The topological polar surface area (TPSA) is 121 Å². The summed E-state index contributed by atoms with van der Waals surface area (Å²) in [6.07, 6.45) is 1.96. The van der Waals surface area contributed by atoms with Crippen LogP contribution in [0.3, 0.4) is 0 Å². The second kappa shape index (κ2) is 6.79. The van der Waals surface area contributed by atoms with Crippen LogP contribution in [0.15, 0.2) is 30.3 Å². The molecule has 1 aliphatic carbocycles. The number of H-pyrrole nitrogens is 1. The summed E-state index contributed by atoms with van der Waals surface area (Å²) < 4.78 is 0. The molecule has 0 spiro atoms. The first-order valence-electron chi connectivity index (χ1n) is 8.85. The van der Waals surface area contributed by atoms with E-state index < -0.39 is 12.0 Å². The molecule has 8 heteroatoms. The first kappa shape index (κ1) is 17.1. The van der Waals surface area contributed by atoms with E-state index >= 15 is 0 Å². The zero-order valence-corrected chi connectivity index (χ0v) is 14.8. The molecule has 0 radical (unpaired) electrons. The molecule has 3 N–H and O–H groups in total. The van der Waals surface area contributed by atoms with E-state index in [0.29, 0.717) is 17.3 Å². The number of aromatic nitrogens is 4. The Morgan fingerprint density at radius 2 is 2.07 bits per heavy atom. The summed E-state index contributed by atoms with van der Waals surface area (Å²) in [4.78, 5) is 32.5. The molecular formula is C19H19N5O3. The number of carbonyl (C=O) groups is 2. The van der Waals surface area contributed by atoms with E-state index in [1.807, 2.05) is 30.3 Å². The van der Waals surface area contributed by atoms with Gasteiger partial charge in [0.05, 0.1) is 17.1 Å². The van der Waals surface area contributed by atoms with Gasteiger partial charge in [0.2, 0.25) is 0 Å². The summed E-state index contributed by atoms with van der Waals surface area (Å²) in [6.45, 7) is 1.76. The molecule has 1 fully saturated rings. The number of hydrogen-bond donors (Lipinski definition) is 3. The maximum Gasteiger partial charge on any atom is 0.311 e. The molecular weight excluding hydrogens is 346 g/mol. The summed E-state index contributed by atoms with van der Waals surface area (Å²) in [5.74, 6) is -0.188. The third-order valence-electron chi connectivity index (χ3n) is 4.58. The van der Waals surface area contributed by atoms with Gasteiger partial charge in [0.15, 0.2) is 5.82 Å². The molecule has 138 valence electrons. The van der Waals surface area contributed by atoms with Gasteiger partial charge in [-0.3, -0.25) is 19.7 Å². The molecule has 8 nitrogen and oxygen atoms in total. The molecule has 4 rings (SSSR count). The lowest BCUT2D eigenvalue weighted by Crippen LogP contribution is -2.28. The van der Waals surface area contributed by atoms with E-state index in [0.717, 1.165) is 29.4 Å². The zero-order chi connectivity index (χ0) is 19.0. The Morgan fingerprint density at radius 1 is 1.30 bits per heavy atom. The number of nitrogens with one attached hydrogen (secondary N) is 2. The number of benzene rings is 1. The predicted molar refractivity (Wildman–Crippen MR) is 97.3 cm³/mol. The summed E-state index contributed by atoms with van der Waals surface area (Å²) in [7, 11) is 0. The Morgan fingerprint density at radius 3 is 2.81 bits per heavy atom. The maximum absolute atomic E-state index is 12.9. The Labute approximate surface area is 155 Å². The minimum atomic E-state index is -0.995. The van der Waals surface area contributed by atoms with Crippen molar-refractivity contribution in [3.8, 4) is 0 Å². The molecule has 1 aromatic carbocycles. The van der Waals surface area contributed by atoms with Crippen molar-refractivity contribution in [2.75, 3.05) is 0 Å². The van der Waals surface area contributed by atoms with Crippen molar-refractivity contribution in [1.82, 2.24) is 25.5 Å². The Hall–Kier alpha value is -3.29. The molecule has 1 amide bonds. The van der Waals surface area contributed by atoms with Crippen molar-refractivity contribution in [1.29, 1.82) is 0 Å². The summed E-state index contributed by atoms with van der Waals surface area (Å²) >= 11 is 0. The third-order valence-corrected chi connectivity index (χ3v) is 4.58. The van der Waals surface area contributed by atoms with E-state index in [9.17, 15) is 9.59 Å². The molecule has 1 saturated carbocycles. The highest BCUT2D eigenvalue weighted by Crippen LogP contribution is 2.40. The molecule has 3 aromatic rings. The number of carbonyl (C=O) groups excluding carboxylic acids is 1. The lowest BCUT2D eigenvalue weighted by molar-refractivity contribution is -0.136. The third kappa shape index (κ3) is 3.64. The fourth-order valence-electron chi connectivity index (χ4n) is 3.04. The predicted octanol–water partition coefficient (Wildman–Crippen LogP) is 2.35. The summed E-state index contributed by atoms with van der Waals surface area (Å²) in [5.41, 5.74) is 2.34. The lowest BCUT2D eigenvalue weighted by atomic mass is 10.0. The monoisotopic (exact) mass is 365 g/mol. The van der Waals surface area contributed by atoms with Crippen LogP contribution in [0.4, 0.5) is 0 Å². The normalized spacial score (nSPS) is 14.9. The molecule has 0 aliphatic heterocycles. The molecule has 27 heavy (non-hydrogen) atoms. The van der Waals surface area contributed by atoms with Gasteiger partial charge in [-0.25, -0.2) is 4.98 Å². The van der Waals surface area contributed by atoms with Crippen LogP contribution in [0, 0.1) is 0 Å². The van der Waals surface area contributed by atoms with Crippen LogP contribution in [0.5, 0.6) is 0 Å². The zero-order valence-electron chi connectivity index (χ0n) is 14.8. The van der Waals surface area contributed by atoms with Crippen molar-refractivity contribution in [3.63, 3.8) is 0 Å². The number of fused-ring (bicyclic) bond motifs is 1. The number of hydrogen-bond acceptors (Lipinski definition) is 5. The second-order valence-corrected chi connectivity index (χ2v) is 6.79. The van der Waals surface area contributed by atoms with Gasteiger partial charge in [-0.05, 0) is 31.9 Å². The molecule has 1 atom stereocenters. The number of pyridine rings is 1. The van der Waals surface area contributed by atoms with E-state index in [1.54, 1.807) is 6.92 Å². The van der Waals surface area contributed by atoms with E-state index in [-0.39, 0.29) is 18.2 Å². The van der Waals surface area contributed by atoms with Crippen LogP contribution in [0.25, 0.3) is 10.9 Å². The van der Waals surface area contributed by atoms with Crippen LogP contribution in [0.1, 0.15) is 59.4 Å². The highest BCUT2D eigenvalue weighted by atomic mass is 16.4. The molecule has 2 aromatic heterocycles. The van der Waals surface area contributed by atoms with E-state index in [2.05, 4.69) is 25.5 Å². The van der Waals surface area contributed by atoms with Gasteiger partial charge in [-0.1, -0.05) is 18.2 Å². The van der Waals surface area contributed by atoms with Gasteiger partial charge in [0.25, 0.3) is 5.91 Å². The number of carboxylic acid groups (broad SMARTS) is 1. The number of aliphatic carboxylic acids is 1. The van der Waals surface area contributed by atoms with Crippen LogP contribution >= 0.6 is 0 Å². The largest absolute Gasteiger partial charge is 0.481 e. The number of amides is 1. The number of nitrogens with zero attached hydrogens (tertiary/aromatic N) is 3. The van der Waals surface area contributed by atoms with Crippen molar-refractivity contribution < 1.29 is 14.7 Å². The van der Waals surface area contributed by atoms with Gasteiger partial charge >= 0.3 is 5.97 Å². The van der Waals surface area contributed by atoms with Crippen LogP contribution in [-0.4, -0.2) is 37.1 Å². The SMILES string of the molecule is C[C@H](NC(=O)c1cc(C2CC2)nc2ccccc12)c1n[nH]c(CC(=O)O)n1. The van der Waals surface area contributed by atoms with Crippen molar-refractivity contribution >= 4 is 22.8 Å². The molecule has 0 unspecified atom stereocenters. The van der Waals surface area contributed by atoms with Crippen LogP contribution in [-0.2, 0) is 11.2 Å². The Balaban J connectivity index is 1.59. The number of aromatic amines is 1. The standard InChI is InChI=1S/C19H19N5O3/c1-10(18-22-16(23-24-18)9-17(25)26)20-19(27)13-8-15(11-6-7-11)21-14-5-3-2-4-12(13)14/h2-5,8,10-11H,6-7,9H2,1H3,(H,20,27)(H,25,26)(H,22,23,24)/t10-/m0/s1. The Kier molecular flexibility index (Phi) is 4.31. The average Bonchev–Trinajstić information content (AvgIpc) is 3.39. The van der Waals surface area contributed by atoms with Gasteiger partial charge < -0.3 is 10.4 Å². The highest BCUT2D eigenvalue weighted by Gasteiger charge is 2.27. The van der Waals surface area contributed by atoms with E-state index in [4.69, 9.17) is 5.11 Å². The van der Waals surface area contributed by atoms with Gasteiger partial charge in [0, 0.05) is 17.0 Å². The number of para-hydroxylation sites is 1. The van der Waals surface area contributed by atoms with Gasteiger partial charge in [-0.15, -0.1) is 0 Å². The van der Waals surface area contributed by atoms with Crippen LogP contribution in [0.2, 0.25) is 0 Å². The quantitative estimate of drug-likeness (QED) is 0.616. The fourth-order valence-corrected chi connectivity index (χ4v) is 3.04. The smallest absolute Gasteiger partial charge is 0.311 e. The minimum absolute atomic E-state index is 0.229. The second-order valence-electron chi connectivity index (χ2n) is 6.79. The summed E-state index contributed by atoms with van der Waals surface area (Å²) in [5, 5.41) is 19.1. The highest BCUT2D eigenvalue weighted by molar-refractivity contribution is 6.06. The lowest BCUT2D eigenvalue weighted by Gasteiger charge is -2.13. The number of rotatable bonds is 6. The Bertz CT molecular complexity index is 1030. The van der Waals surface area contributed by atoms with Crippen molar-refractivity contribution in [2.24, 2.45) is 0 Å². The van der Waals surface area contributed by atoms with Crippen molar-refractivity contribution in [2.45, 2.75) is 38.1 Å². The van der Waals surface area contributed by atoms with E-state index in [1.165, 1.54) is 0 Å². The first-order chi connectivity index (χ1) is 13.0. The first-order valence-corrected chi connectivity index (χ1v) is 8.85. The van der Waals surface area contributed by atoms with Gasteiger partial charge in [0.1, 0.15) is 12.2 Å². The average molecular weight is 365 g/mol. The molecule has 2 heterocycles. The van der Waals surface area contributed by atoms with Crippen molar-refractivity contribution in [3.05, 3.63) is 53.2 Å².